The van der Waals surface area contributed by atoms with Gasteiger partial charge in [-0.3, -0.25) is 14.5 Å². The summed E-state index contributed by atoms with van der Waals surface area (Å²) < 4.78 is 1.75. The quantitative estimate of drug-likeness (QED) is 0.730. The number of likely N-dealkylation sites (tertiary alicyclic amines) is 1. The first-order valence-electron chi connectivity index (χ1n) is 11.4. The third-order valence-corrected chi connectivity index (χ3v) is 6.96. The molecular weight excluding hydrogens is 392 g/mol. The third kappa shape index (κ3) is 4.35. The lowest BCUT2D eigenvalue weighted by Crippen LogP contribution is -2.56. The summed E-state index contributed by atoms with van der Waals surface area (Å²) in [5, 5.41) is 4.10. The van der Waals surface area contributed by atoms with E-state index in [1.54, 1.807) is 15.9 Å². The summed E-state index contributed by atoms with van der Waals surface area (Å²) in [5.41, 5.74) is 1.73. The molecule has 0 radical (unpaired) electrons. The van der Waals surface area contributed by atoms with Crippen LogP contribution in [-0.4, -0.2) is 86.6 Å². The number of rotatable bonds is 5. The molecule has 0 unspecified atom stereocenters. The number of amides is 2. The molecule has 0 N–H and O–H groups in total. The van der Waals surface area contributed by atoms with Crippen LogP contribution >= 0.6 is 0 Å². The minimum Gasteiger partial charge on any atom is -0.341 e. The molecule has 1 aromatic heterocycles. The number of hydrogen-bond acceptors (Lipinski definition) is 5. The summed E-state index contributed by atoms with van der Waals surface area (Å²) in [7, 11) is 0. The first-order chi connectivity index (χ1) is 15.2. The maximum atomic E-state index is 12.9. The van der Waals surface area contributed by atoms with E-state index in [4.69, 9.17) is 0 Å². The summed E-state index contributed by atoms with van der Waals surface area (Å²) >= 11 is 0. The number of benzene rings is 1. The Morgan fingerprint density at radius 2 is 1.74 bits per heavy atom. The SMILES string of the molecule is O=C(c1ccc(Cn2cncn2)cc1)N1CC(C(=O)N2CCCN(C3CCC3)CC2)C1. The molecule has 2 amide bonds. The van der Waals surface area contributed by atoms with E-state index < -0.39 is 0 Å². The van der Waals surface area contributed by atoms with Crippen LogP contribution in [0.3, 0.4) is 0 Å². The van der Waals surface area contributed by atoms with Gasteiger partial charge in [0.05, 0.1) is 12.5 Å². The minimum atomic E-state index is -0.0502. The van der Waals surface area contributed by atoms with Gasteiger partial charge in [0.25, 0.3) is 5.91 Å². The van der Waals surface area contributed by atoms with E-state index in [1.807, 2.05) is 29.2 Å². The highest BCUT2D eigenvalue weighted by molar-refractivity contribution is 5.96. The molecule has 2 aromatic rings. The molecule has 1 saturated carbocycles. The van der Waals surface area contributed by atoms with Crippen LogP contribution in [0, 0.1) is 5.92 Å². The summed E-state index contributed by atoms with van der Waals surface area (Å²) in [6.45, 7) is 5.46. The Labute approximate surface area is 182 Å². The molecular formula is C23H30N6O2. The van der Waals surface area contributed by atoms with Crippen LogP contribution in [0.2, 0.25) is 0 Å². The van der Waals surface area contributed by atoms with Crippen LogP contribution in [0.1, 0.15) is 41.6 Å². The van der Waals surface area contributed by atoms with Crippen LogP contribution in [0.4, 0.5) is 0 Å². The second kappa shape index (κ2) is 8.78. The van der Waals surface area contributed by atoms with E-state index in [2.05, 4.69) is 15.0 Å². The Hall–Kier alpha value is -2.74. The van der Waals surface area contributed by atoms with Gasteiger partial charge in [-0.2, -0.15) is 5.10 Å². The zero-order chi connectivity index (χ0) is 21.2. The van der Waals surface area contributed by atoms with Crippen molar-refractivity contribution in [2.45, 2.75) is 38.3 Å². The Kier molecular flexibility index (Phi) is 5.72. The Bertz CT molecular complexity index is 903. The molecule has 1 aromatic carbocycles. The van der Waals surface area contributed by atoms with Crippen molar-refractivity contribution in [3.8, 4) is 0 Å². The van der Waals surface area contributed by atoms with Crippen molar-refractivity contribution in [3.63, 3.8) is 0 Å². The molecule has 31 heavy (non-hydrogen) atoms. The van der Waals surface area contributed by atoms with Crippen molar-refractivity contribution < 1.29 is 9.59 Å². The molecule has 1 aliphatic carbocycles. The van der Waals surface area contributed by atoms with E-state index in [-0.39, 0.29) is 17.7 Å². The van der Waals surface area contributed by atoms with Crippen molar-refractivity contribution in [1.29, 1.82) is 0 Å². The van der Waals surface area contributed by atoms with Gasteiger partial charge in [0, 0.05) is 50.9 Å². The van der Waals surface area contributed by atoms with Gasteiger partial charge in [-0.05, 0) is 37.0 Å². The number of hydrogen-bond donors (Lipinski definition) is 0. The minimum absolute atomic E-state index is 0.00313. The van der Waals surface area contributed by atoms with Crippen LogP contribution in [0.25, 0.3) is 0 Å². The lowest BCUT2D eigenvalue weighted by molar-refractivity contribution is -0.139. The Morgan fingerprint density at radius 3 is 2.42 bits per heavy atom. The van der Waals surface area contributed by atoms with Crippen molar-refractivity contribution in [1.82, 2.24) is 29.5 Å². The van der Waals surface area contributed by atoms with Crippen LogP contribution in [0.15, 0.2) is 36.9 Å². The van der Waals surface area contributed by atoms with Crippen LogP contribution < -0.4 is 0 Å². The molecule has 8 heteroatoms. The predicted molar refractivity (Wildman–Crippen MR) is 115 cm³/mol. The Balaban J connectivity index is 1.10. The fourth-order valence-corrected chi connectivity index (χ4v) is 4.77. The van der Waals surface area contributed by atoms with Gasteiger partial charge in [-0.25, -0.2) is 9.67 Å². The molecule has 2 aliphatic heterocycles. The molecule has 0 atom stereocenters. The summed E-state index contributed by atoms with van der Waals surface area (Å²) in [5.74, 6) is 0.178. The third-order valence-electron chi connectivity index (χ3n) is 6.96. The maximum Gasteiger partial charge on any atom is 0.253 e. The van der Waals surface area contributed by atoms with E-state index in [0.29, 0.717) is 25.2 Å². The highest BCUT2D eigenvalue weighted by Crippen LogP contribution is 2.26. The molecule has 164 valence electrons. The lowest BCUT2D eigenvalue weighted by atomic mass is 9.91. The van der Waals surface area contributed by atoms with Gasteiger partial charge in [0.1, 0.15) is 12.7 Å². The fraction of sp³-hybridized carbons (Fsp3) is 0.565. The van der Waals surface area contributed by atoms with E-state index in [1.165, 1.54) is 25.6 Å². The molecule has 3 heterocycles. The maximum absolute atomic E-state index is 12.9. The van der Waals surface area contributed by atoms with Crippen LogP contribution in [0.5, 0.6) is 0 Å². The first-order valence-corrected chi connectivity index (χ1v) is 11.4. The largest absolute Gasteiger partial charge is 0.341 e. The lowest BCUT2D eigenvalue weighted by Gasteiger charge is -2.40. The molecule has 5 rings (SSSR count). The number of aromatic nitrogens is 3. The number of nitrogens with zero attached hydrogens (tertiary/aromatic N) is 6. The smallest absolute Gasteiger partial charge is 0.253 e. The predicted octanol–water partition coefficient (Wildman–Crippen LogP) is 1.49. The fourth-order valence-electron chi connectivity index (χ4n) is 4.77. The highest BCUT2D eigenvalue weighted by atomic mass is 16.2. The van der Waals surface area contributed by atoms with Gasteiger partial charge in [-0.15, -0.1) is 0 Å². The standard InChI is InChI=1S/C23H30N6O2/c30-22(19-7-5-18(6-8-19)13-29-17-24-16-25-29)28-14-20(15-28)23(31)27-10-2-9-26(11-12-27)21-3-1-4-21/h5-8,16-17,20-21H,1-4,9-15H2. The van der Waals surface area contributed by atoms with Gasteiger partial charge >= 0.3 is 0 Å². The van der Waals surface area contributed by atoms with Gasteiger partial charge in [0.2, 0.25) is 5.91 Å². The average Bonchev–Trinajstić information content (AvgIpc) is 3.09. The molecule has 8 nitrogen and oxygen atoms in total. The summed E-state index contributed by atoms with van der Waals surface area (Å²) in [6, 6.07) is 8.35. The van der Waals surface area contributed by atoms with E-state index >= 15 is 0 Å². The number of carbonyl (C=O) groups is 2. The topological polar surface area (TPSA) is 74.6 Å². The average molecular weight is 423 g/mol. The van der Waals surface area contributed by atoms with Crippen molar-refractivity contribution >= 4 is 11.8 Å². The van der Waals surface area contributed by atoms with Crippen molar-refractivity contribution in [2.75, 3.05) is 39.3 Å². The summed E-state index contributed by atoms with van der Waals surface area (Å²) in [4.78, 5) is 36.1. The normalized spacial score (nSPS) is 20.8. The monoisotopic (exact) mass is 422 g/mol. The molecule has 3 aliphatic rings. The zero-order valence-corrected chi connectivity index (χ0v) is 17.9. The second-order valence-electron chi connectivity index (χ2n) is 9.00. The number of carbonyl (C=O) groups excluding carboxylic acids is 2. The second-order valence-corrected chi connectivity index (χ2v) is 9.00. The zero-order valence-electron chi connectivity index (χ0n) is 17.9. The molecule has 0 bridgehead atoms. The first kappa shape index (κ1) is 20.2. The molecule has 3 fully saturated rings. The van der Waals surface area contributed by atoms with Gasteiger partial charge in [-0.1, -0.05) is 18.6 Å². The van der Waals surface area contributed by atoms with Gasteiger partial charge in [0.15, 0.2) is 0 Å². The molecule has 2 saturated heterocycles. The van der Waals surface area contributed by atoms with Gasteiger partial charge < -0.3 is 9.80 Å². The van der Waals surface area contributed by atoms with Crippen molar-refractivity contribution in [3.05, 3.63) is 48.0 Å². The molecule has 0 spiro atoms. The van der Waals surface area contributed by atoms with Crippen molar-refractivity contribution in [2.24, 2.45) is 5.92 Å². The Morgan fingerprint density at radius 1 is 0.935 bits per heavy atom. The summed E-state index contributed by atoms with van der Waals surface area (Å²) in [6.07, 6.45) is 8.21. The van der Waals surface area contributed by atoms with E-state index in [0.717, 1.165) is 44.2 Å². The highest BCUT2D eigenvalue weighted by Gasteiger charge is 2.39. The van der Waals surface area contributed by atoms with Crippen LogP contribution in [-0.2, 0) is 11.3 Å². The van der Waals surface area contributed by atoms with E-state index in [9.17, 15) is 9.59 Å².